The van der Waals surface area contributed by atoms with Crippen LogP contribution >= 0.6 is 0 Å². The molecule has 0 amide bonds. The molecule has 0 fully saturated rings. The SMILES string of the molecule is COc1ccc(-c2cn(-c3cccc(C(=O)C=Cc4ccccc4)c3)c(=O)[nH]2)cc1OC. The van der Waals surface area contributed by atoms with Crippen molar-refractivity contribution < 1.29 is 14.3 Å². The van der Waals surface area contributed by atoms with Crippen molar-refractivity contribution in [3.63, 3.8) is 0 Å². The Bertz CT molecular complexity index is 1330. The van der Waals surface area contributed by atoms with Crippen LogP contribution < -0.4 is 15.2 Å². The van der Waals surface area contributed by atoms with Crippen molar-refractivity contribution in [2.24, 2.45) is 0 Å². The molecule has 0 aliphatic rings. The number of rotatable bonds is 7. The van der Waals surface area contributed by atoms with E-state index in [4.69, 9.17) is 9.47 Å². The summed E-state index contributed by atoms with van der Waals surface area (Å²) in [4.78, 5) is 28.1. The molecule has 4 aromatic rings. The molecule has 0 saturated heterocycles. The number of imidazole rings is 1. The number of nitrogens with zero attached hydrogens (tertiary/aromatic N) is 1. The minimum atomic E-state index is -0.306. The van der Waals surface area contributed by atoms with Crippen LogP contribution in [0.4, 0.5) is 0 Å². The average molecular weight is 426 g/mol. The molecular formula is C26H22N2O4. The van der Waals surface area contributed by atoms with Gasteiger partial charge in [-0.15, -0.1) is 0 Å². The number of nitrogens with one attached hydrogen (secondary N) is 1. The van der Waals surface area contributed by atoms with Gasteiger partial charge in [0.2, 0.25) is 0 Å². The number of carbonyl (C=O) groups is 1. The Morgan fingerprint density at radius 1 is 0.906 bits per heavy atom. The van der Waals surface area contributed by atoms with Gasteiger partial charge in [0.15, 0.2) is 17.3 Å². The van der Waals surface area contributed by atoms with Crippen molar-refractivity contribution in [1.82, 2.24) is 9.55 Å². The summed E-state index contributed by atoms with van der Waals surface area (Å²) in [5.41, 5.74) is 3.12. The number of carbonyl (C=O) groups excluding carboxylic acids is 1. The maximum absolute atomic E-state index is 12.6. The van der Waals surface area contributed by atoms with Crippen molar-refractivity contribution >= 4 is 11.9 Å². The first-order valence-corrected chi connectivity index (χ1v) is 10.0. The van der Waals surface area contributed by atoms with E-state index in [1.165, 1.54) is 10.6 Å². The first-order chi connectivity index (χ1) is 15.6. The van der Waals surface area contributed by atoms with Crippen LogP contribution in [0.5, 0.6) is 11.5 Å². The molecular weight excluding hydrogens is 404 g/mol. The number of ketones is 1. The third-order valence-electron chi connectivity index (χ3n) is 5.05. The van der Waals surface area contributed by atoms with Crippen LogP contribution in [0.3, 0.4) is 0 Å². The minimum Gasteiger partial charge on any atom is -0.493 e. The second-order valence-corrected chi connectivity index (χ2v) is 7.07. The summed E-state index contributed by atoms with van der Waals surface area (Å²) in [6.07, 6.45) is 5.00. The monoisotopic (exact) mass is 426 g/mol. The maximum atomic E-state index is 12.6. The molecule has 1 aromatic heterocycles. The highest BCUT2D eigenvalue weighted by atomic mass is 16.5. The standard InChI is InChI=1S/C26H22N2O4/c1-31-24-14-12-19(16-25(24)32-2)22-17-28(26(30)27-22)21-10-6-9-20(15-21)23(29)13-11-18-7-4-3-5-8-18/h3-17H,1-2H3,(H,27,30). The Hall–Kier alpha value is -4.32. The number of methoxy groups -OCH3 is 2. The van der Waals surface area contributed by atoms with Crippen LogP contribution in [0.2, 0.25) is 0 Å². The zero-order valence-corrected chi connectivity index (χ0v) is 17.7. The number of aromatic amines is 1. The lowest BCUT2D eigenvalue weighted by molar-refractivity contribution is 0.104. The van der Waals surface area contributed by atoms with Gasteiger partial charge in [0, 0.05) is 17.3 Å². The highest BCUT2D eigenvalue weighted by Crippen LogP contribution is 2.31. The molecule has 0 saturated carbocycles. The Morgan fingerprint density at radius 2 is 1.69 bits per heavy atom. The van der Waals surface area contributed by atoms with Crippen LogP contribution in [0.1, 0.15) is 15.9 Å². The van der Waals surface area contributed by atoms with Crippen molar-refractivity contribution in [1.29, 1.82) is 0 Å². The van der Waals surface area contributed by atoms with E-state index < -0.39 is 0 Å². The highest BCUT2D eigenvalue weighted by molar-refractivity contribution is 6.07. The van der Waals surface area contributed by atoms with Gasteiger partial charge >= 0.3 is 5.69 Å². The molecule has 3 aromatic carbocycles. The Kier molecular flexibility index (Phi) is 6.03. The Morgan fingerprint density at radius 3 is 2.44 bits per heavy atom. The smallest absolute Gasteiger partial charge is 0.330 e. The van der Waals surface area contributed by atoms with Crippen molar-refractivity contribution in [2.45, 2.75) is 0 Å². The lowest BCUT2D eigenvalue weighted by Crippen LogP contribution is -2.14. The molecule has 0 aliphatic carbocycles. The lowest BCUT2D eigenvalue weighted by atomic mass is 10.1. The zero-order chi connectivity index (χ0) is 22.5. The Labute approximate surface area is 185 Å². The van der Waals surface area contributed by atoms with E-state index in [9.17, 15) is 9.59 Å². The third kappa shape index (κ3) is 4.39. The van der Waals surface area contributed by atoms with E-state index in [1.807, 2.05) is 36.4 Å². The second-order valence-electron chi connectivity index (χ2n) is 7.07. The van der Waals surface area contributed by atoms with Crippen molar-refractivity contribution in [3.05, 3.63) is 107 Å². The fourth-order valence-corrected chi connectivity index (χ4v) is 3.38. The summed E-state index contributed by atoms with van der Waals surface area (Å²) in [5, 5.41) is 0. The second kappa shape index (κ2) is 9.22. The molecule has 6 nitrogen and oxygen atoms in total. The molecule has 160 valence electrons. The average Bonchev–Trinajstić information content (AvgIpc) is 3.24. The summed E-state index contributed by atoms with van der Waals surface area (Å²) < 4.78 is 12.1. The summed E-state index contributed by atoms with van der Waals surface area (Å²) >= 11 is 0. The quantitative estimate of drug-likeness (QED) is 0.342. The van der Waals surface area contributed by atoms with E-state index in [1.54, 1.807) is 62.9 Å². The van der Waals surface area contributed by atoms with Gasteiger partial charge in [-0.25, -0.2) is 4.79 Å². The largest absolute Gasteiger partial charge is 0.493 e. The van der Waals surface area contributed by atoms with E-state index in [2.05, 4.69) is 4.98 Å². The summed E-state index contributed by atoms with van der Waals surface area (Å²) in [5.74, 6) is 1.03. The van der Waals surface area contributed by atoms with Gasteiger partial charge in [-0.1, -0.05) is 48.5 Å². The lowest BCUT2D eigenvalue weighted by Gasteiger charge is -2.08. The van der Waals surface area contributed by atoms with Crippen LogP contribution in [0, 0.1) is 0 Å². The topological polar surface area (TPSA) is 73.3 Å². The van der Waals surface area contributed by atoms with Crippen LogP contribution in [0.15, 0.2) is 89.9 Å². The Balaban J connectivity index is 1.63. The van der Waals surface area contributed by atoms with Gasteiger partial charge in [0.05, 0.1) is 25.6 Å². The molecule has 0 unspecified atom stereocenters. The molecule has 0 spiro atoms. The summed E-state index contributed by atoms with van der Waals surface area (Å²) in [6.45, 7) is 0. The zero-order valence-electron chi connectivity index (χ0n) is 17.7. The van der Waals surface area contributed by atoms with Crippen molar-refractivity contribution in [2.75, 3.05) is 14.2 Å². The fraction of sp³-hybridized carbons (Fsp3) is 0.0769. The van der Waals surface area contributed by atoms with E-state index in [-0.39, 0.29) is 11.5 Å². The van der Waals surface area contributed by atoms with Gasteiger partial charge in [0.1, 0.15) is 0 Å². The number of benzene rings is 3. The number of allylic oxidation sites excluding steroid dienone is 1. The van der Waals surface area contributed by atoms with Crippen LogP contribution in [0.25, 0.3) is 23.0 Å². The highest BCUT2D eigenvalue weighted by Gasteiger charge is 2.12. The van der Waals surface area contributed by atoms with E-state index in [0.717, 1.165) is 11.1 Å². The first kappa shape index (κ1) is 20.9. The molecule has 0 radical (unpaired) electrons. The van der Waals surface area contributed by atoms with E-state index in [0.29, 0.717) is 28.4 Å². The maximum Gasteiger partial charge on any atom is 0.330 e. The number of H-pyrrole nitrogens is 1. The molecule has 0 atom stereocenters. The molecule has 0 bridgehead atoms. The van der Waals surface area contributed by atoms with Gasteiger partial charge in [-0.3, -0.25) is 9.36 Å². The molecule has 1 N–H and O–H groups in total. The number of aromatic nitrogens is 2. The first-order valence-electron chi connectivity index (χ1n) is 10.0. The van der Waals surface area contributed by atoms with Crippen LogP contribution in [-0.4, -0.2) is 29.6 Å². The third-order valence-corrected chi connectivity index (χ3v) is 5.05. The number of hydrogen-bond acceptors (Lipinski definition) is 4. The molecule has 6 heteroatoms. The molecule has 32 heavy (non-hydrogen) atoms. The fourth-order valence-electron chi connectivity index (χ4n) is 3.38. The summed E-state index contributed by atoms with van der Waals surface area (Å²) in [6, 6.07) is 22.0. The van der Waals surface area contributed by atoms with Gasteiger partial charge < -0.3 is 14.5 Å². The van der Waals surface area contributed by atoms with Gasteiger partial charge in [-0.05, 0) is 42.0 Å². The molecule has 0 aliphatic heterocycles. The molecule has 4 rings (SSSR count). The van der Waals surface area contributed by atoms with E-state index >= 15 is 0 Å². The van der Waals surface area contributed by atoms with Gasteiger partial charge in [0.25, 0.3) is 0 Å². The predicted molar refractivity (Wildman–Crippen MR) is 125 cm³/mol. The normalized spacial score (nSPS) is 10.9. The van der Waals surface area contributed by atoms with Crippen molar-refractivity contribution in [3.8, 4) is 28.4 Å². The number of ether oxygens (including phenoxy) is 2. The minimum absolute atomic E-state index is 0.139. The molecule has 1 heterocycles. The van der Waals surface area contributed by atoms with Crippen LogP contribution in [-0.2, 0) is 0 Å². The number of hydrogen-bond donors (Lipinski definition) is 1. The summed E-state index contributed by atoms with van der Waals surface area (Å²) in [7, 11) is 3.13. The predicted octanol–water partition coefficient (Wildman–Crippen LogP) is 4.75. The van der Waals surface area contributed by atoms with Gasteiger partial charge in [-0.2, -0.15) is 0 Å².